The molecule has 0 aliphatic carbocycles. The molecular weight excluding hydrogens is 276 g/mol. The average Bonchev–Trinajstić information content (AvgIpc) is 2.37. The summed E-state index contributed by atoms with van der Waals surface area (Å²) < 4.78 is 22.5. The van der Waals surface area contributed by atoms with Crippen LogP contribution in [0, 0.1) is 0 Å². The molecule has 1 unspecified atom stereocenters. The van der Waals surface area contributed by atoms with Crippen LogP contribution in [0.25, 0.3) is 0 Å². The van der Waals surface area contributed by atoms with Crippen LogP contribution < -0.4 is 0 Å². The predicted octanol–water partition coefficient (Wildman–Crippen LogP) is 2.93. The van der Waals surface area contributed by atoms with E-state index in [0.717, 1.165) is 0 Å². The highest BCUT2D eigenvalue weighted by atomic mass is 28.4. The van der Waals surface area contributed by atoms with Crippen LogP contribution in [0.3, 0.4) is 0 Å². The Hall–Kier alpha value is -0.693. The van der Waals surface area contributed by atoms with Gasteiger partial charge in [-0.3, -0.25) is 0 Å². The summed E-state index contributed by atoms with van der Waals surface area (Å²) in [4.78, 5) is 11.5. The van der Waals surface area contributed by atoms with Crippen molar-refractivity contribution in [3.63, 3.8) is 0 Å². The smallest absolute Gasteiger partial charge is 0.459 e. The Morgan fingerprint density at radius 1 is 1.10 bits per heavy atom. The Kier molecular flexibility index (Phi) is 9.74. The quantitative estimate of drug-likeness (QED) is 0.334. The first kappa shape index (κ1) is 19.3. The van der Waals surface area contributed by atoms with Crippen molar-refractivity contribution in [2.75, 3.05) is 19.8 Å². The number of esters is 1. The highest BCUT2D eigenvalue weighted by Gasteiger charge is 2.40. The van der Waals surface area contributed by atoms with Gasteiger partial charge in [-0.2, -0.15) is 0 Å². The van der Waals surface area contributed by atoms with Crippen molar-refractivity contribution in [2.45, 2.75) is 53.2 Å². The SMILES string of the molecule is C=C(C)C(=O)OC(C)CC[Si](OCC)(OCC)OCC. The molecule has 20 heavy (non-hydrogen) atoms. The molecule has 0 radical (unpaired) electrons. The molecule has 0 aromatic carbocycles. The summed E-state index contributed by atoms with van der Waals surface area (Å²) in [5.41, 5.74) is 0.403. The minimum atomic E-state index is -2.65. The number of carbonyl (C=O) groups excluding carboxylic acids is 1. The van der Waals surface area contributed by atoms with E-state index in [9.17, 15) is 4.79 Å². The van der Waals surface area contributed by atoms with E-state index in [1.165, 1.54) is 0 Å². The Morgan fingerprint density at radius 3 is 1.90 bits per heavy atom. The lowest BCUT2D eigenvalue weighted by Gasteiger charge is -2.29. The van der Waals surface area contributed by atoms with Gasteiger partial charge < -0.3 is 18.0 Å². The first-order valence-electron chi connectivity index (χ1n) is 7.19. The van der Waals surface area contributed by atoms with Gasteiger partial charge >= 0.3 is 14.8 Å². The fraction of sp³-hybridized carbons (Fsp3) is 0.786. The second-order valence-corrected chi connectivity index (χ2v) is 7.25. The second kappa shape index (κ2) is 10.1. The van der Waals surface area contributed by atoms with Crippen molar-refractivity contribution in [2.24, 2.45) is 0 Å². The zero-order chi connectivity index (χ0) is 15.6. The number of rotatable bonds is 11. The third kappa shape index (κ3) is 7.19. The van der Waals surface area contributed by atoms with Crippen LogP contribution in [-0.2, 0) is 22.8 Å². The molecule has 0 saturated heterocycles. The highest BCUT2D eigenvalue weighted by Crippen LogP contribution is 2.20. The Bertz CT molecular complexity index is 289. The molecule has 0 heterocycles. The summed E-state index contributed by atoms with van der Waals surface area (Å²) in [5, 5.41) is 0. The van der Waals surface area contributed by atoms with Crippen molar-refractivity contribution in [1.82, 2.24) is 0 Å². The van der Waals surface area contributed by atoms with Crippen molar-refractivity contribution in [3.05, 3.63) is 12.2 Å². The van der Waals surface area contributed by atoms with Gasteiger partial charge in [-0.25, -0.2) is 4.79 Å². The van der Waals surface area contributed by atoms with Crippen molar-refractivity contribution in [1.29, 1.82) is 0 Å². The molecule has 0 aliphatic rings. The fourth-order valence-corrected chi connectivity index (χ4v) is 4.49. The summed E-state index contributed by atoms with van der Waals surface area (Å²) >= 11 is 0. The van der Waals surface area contributed by atoms with Crippen molar-refractivity contribution in [3.8, 4) is 0 Å². The van der Waals surface area contributed by atoms with E-state index in [4.69, 9.17) is 18.0 Å². The minimum Gasteiger partial charge on any atom is -0.459 e. The molecule has 0 aromatic rings. The molecule has 0 aromatic heterocycles. The van der Waals surface area contributed by atoms with E-state index >= 15 is 0 Å². The van der Waals surface area contributed by atoms with E-state index < -0.39 is 8.80 Å². The molecule has 0 rings (SSSR count). The largest absolute Gasteiger partial charge is 0.501 e. The Labute approximate surface area is 123 Å². The summed E-state index contributed by atoms with van der Waals surface area (Å²) in [6.45, 7) is 14.5. The molecule has 5 nitrogen and oxygen atoms in total. The fourth-order valence-electron chi connectivity index (χ4n) is 1.72. The maximum atomic E-state index is 11.5. The number of carbonyl (C=O) groups is 1. The molecule has 0 amide bonds. The molecule has 0 fully saturated rings. The Morgan fingerprint density at radius 2 is 1.55 bits per heavy atom. The maximum absolute atomic E-state index is 11.5. The number of hydrogen-bond donors (Lipinski definition) is 0. The molecule has 1 atom stereocenters. The normalized spacial score (nSPS) is 13.1. The molecule has 0 bridgehead atoms. The third-order valence-electron chi connectivity index (χ3n) is 2.61. The molecule has 118 valence electrons. The van der Waals surface area contributed by atoms with Gasteiger partial charge in [0.25, 0.3) is 0 Å². The van der Waals surface area contributed by atoms with Crippen LogP contribution in [0.5, 0.6) is 0 Å². The topological polar surface area (TPSA) is 54.0 Å². The van der Waals surface area contributed by atoms with E-state index in [1.54, 1.807) is 6.92 Å². The van der Waals surface area contributed by atoms with Crippen LogP contribution in [0.2, 0.25) is 6.04 Å². The van der Waals surface area contributed by atoms with Crippen LogP contribution in [0.15, 0.2) is 12.2 Å². The average molecular weight is 304 g/mol. The lowest BCUT2D eigenvalue weighted by molar-refractivity contribution is -0.143. The lowest BCUT2D eigenvalue weighted by atomic mass is 10.3. The molecule has 0 aliphatic heterocycles. The molecule has 0 N–H and O–H groups in total. The van der Waals surface area contributed by atoms with Gasteiger partial charge in [0.2, 0.25) is 0 Å². The number of ether oxygens (including phenoxy) is 1. The van der Waals surface area contributed by atoms with Crippen molar-refractivity contribution >= 4 is 14.8 Å². The van der Waals surface area contributed by atoms with E-state index in [0.29, 0.717) is 37.9 Å². The zero-order valence-electron chi connectivity index (χ0n) is 13.4. The van der Waals surface area contributed by atoms with Gasteiger partial charge in [-0.1, -0.05) is 6.58 Å². The third-order valence-corrected chi connectivity index (χ3v) is 5.69. The Balaban J connectivity index is 4.49. The van der Waals surface area contributed by atoms with Gasteiger partial charge in [0.05, 0.1) is 6.10 Å². The van der Waals surface area contributed by atoms with Gasteiger partial charge in [-0.05, 0) is 41.0 Å². The molecule has 0 saturated carbocycles. The summed E-state index contributed by atoms with van der Waals surface area (Å²) in [6.07, 6.45) is 0.429. The predicted molar refractivity (Wildman–Crippen MR) is 80.4 cm³/mol. The summed E-state index contributed by atoms with van der Waals surface area (Å²) in [6, 6.07) is 0.632. The van der Waals surface area contributed by atoms with Crippen LogP contribution >= 0.6 is 0 Å². The van der Waals surface area contributed by atoms with Gasteiger partial charge in [0, 0.05) is 31.4 Å². The first-order valence-corrected chi connectivity index (χ1v) is 9.12. The summed E-state index contributed by atoms with van der Waals surface area (Å²) in [5.74, 6) is -0.367. The van der Waals surface area contributed by atoms with E-state index in [1.807, 2.05) is 27.7 Å². The molecule has 6 heteroatoms. The standard InChI is InChI=1S/C14H28O5Si/c1-7-16-20(17-8-2,18-9-3)11-10-13(6)19-14(15)12(4)5/h13H,4,7-11H2,1-3,5-6H3. The monoisotopic (exact) mass is 304 g/mol. The lowest BCUT2D eigenvalue weighted by Crippen LogP contribution is -2.46. The summed E-state index contributed by atoms with van der Waals surface area (Å²) in [7, 11) is -2.65. The molecular formula is C14H28O5Si. The van der Waals surface area contributed by atoms with Gasteiger partial charge in [0.1, 0.15) is 0 Å². The van der Waals surface area contributed by atoms with Crippen LogP contribution in [-0.4, -0.2) is 40.7 Å². The van der Waals surface area contributed by atoms with E-state index in [2.05, 4.69) is 6.58 Å². The van der Waals surface area contributed by atoms with Gasteiger partial charge in [0.15, 0.2) is 0 Å². The van der Waals surface area contributed by atoms with Gasteiger partial charge in [-0.15, -0.1) is 0 Å². The van der Waals surface area contributed by atoms with Crippen LogP contribution in [0.4, 0.5) is 0 Å². The number of hydrogen-bond acceptors (Lipinski definition) is 5. The second-order valence-electron chi connectivity index (χ2n) is 4.52. The minimum absolute atomic E-state index is 0.215. The molecule has 0 spiro atoms. The van der Waals surface area contributed by atoms with Crippen LogP contribution in [0.1, 0.15) is 41.0 Å². The highest BCUT2D eigenvalue weighted by molar-refractivity contribution is 6.60. The van der Waals surface area contributed by atoms with Crippen molar-refractivity contribution < 1.29 is 22.8 Å². The van der Waals surface area contributed by atoms with E-state index in [-0.39, 0.29) is 12.1 Å². The maximum Gasteiger partial charge on any atom is 0.501 e. The first-order chi connectivity index (χ1) is 9.40. The zero-order valence-corrected chi connectivity index (χ0v) is 14.4.